The average molecular weight is 532 g/mol. The van der Waals surface area contributed by atoms with E-state index in [2.05, 4.69) is 20.1 Å². The van der Waals surface area contributed by atoms with Gasteiger partial charge in [0.25, 0.3) is 0 Å². The number of carbonyl (C=O) groups is 2. The number of aryl methyl sites for hydroxylation is 2. The van der Waals surface area contributed by atoms with Crippen LogP contribution in [0.2, 0.25) is 5.02 Å². The Kier molecular flexibility index (Phi) is 7.73. The van der Waals surface area contributed by atoms with Gasteiger partial charge in [-0.05, 0) is 25.7 Å². The molecule has 0 aliphatic carbocycles. The maximum Gasteiger partial charge on any atom is 0.348 e. The van der Waals surface area contributed by atoms with E-state index in [1.165, 1.54) is 11.0 Å². The minimum absolute atomic E-state index is 0.0775. The number of carboxylic acid groups (broad SMARTS) is 1. The number of carbonyl (C=O) groups excluding carboxylic acids is 1. The first-order valence-electron chi connectivity index (χ1n) is 11.5. The Labute approximate surface area is 216 Å². The van der Waals surface area contributed by atoms with Crippen LogP contribution in [-0.2, 0) is 11.8 Å². The Morgan fingerprint density at radius 1 is 1.44 bits per heavy atom. The van der Waals surface area contributed by atoms with E-state index < -0.39 is 5.97 Å². The van der Waals surface area contributed by atoms with Gasteiger partial charge in [-0.3, -0.25) is 4.79 Å². The van der Waals surface area contributed by atoms with E-state index in [-0.39, 0.29) is 51.1 Å². The minimum atomic E-state index is -1.08. The highest BCUT2D eigenvalue weighted by Crippen LogP contribution is 2.36. The van der Waals surface area contributed by atoms with Gasteiger partial charge in [0.1, 0.15) is 28.7 Å². The maximum absolute atomic E-state index is 13.1. The molecule has 0 radical (unpaired) electrons. The third-order valence-corrected chi connectivity index (χ3v) is 7.76. The third kappa shape index (κ3) is 5.00. The van der Waals surface area contributed by atoms with E-state index >= 15 is 0 Å². The van der Waals surface area contributed by atoms with E-state index in [1.54, 1.807) is 14.0 Å². The predicted molar refractivity (Wildman–Crippen MR) is 134 cm³/mol. The van der Waals surface area contributed by atoms with E-state index in [0.717, 1.165) is 17.8 Å². The van der Waals surface area contributed by atoms with Crippen molar-refractivity contribution >= 4 is 39.8 Å². The van der Waals surface area contributed by atoms with Gasteiger partial charge < -0.3 is 19.7 Å². The smallest absolute Gasteiger partial charge is 0.348 e. The Balaban J connectivity index is 1.56. The largest absolute Gasteiger partial charge is 0.477 e. The number of rotatable bonds is 9. The van der Waals surface area contributed by atoms with Gasteiger partial charge in [-0.15, -0.1) is 0 Å². The van der Waals surface area contributed by atoms with Crippen LogP contribution >= 0.6 is 22.9 Å². The zero-order valence-electron chi connectivity index (χ0n) is 20.1. The van der Waals surface area contributed by atoms with Crippen LogP contribution in [0, 0.1) is 24.2 Å². The standard InChI is InChI=1S/C23H26ClN7O4S/c1-4-7-35-16-10-31(23-29-19(20(36-23)22(33)34)21-26-11-27-30(21)3)6-5-13(16)8-15(32)18-14(9-25)17(24)12(2)28-18/h11,13,16,28H,4-8,10H2,1-3H3,(H,33,34)/t13-,16-/m0/s1. The fourth-order valence-corrected chi connectivity index (χ4v) is 5.46. The van der Waals surface area contributed by atoms with Crippen LogP contribution in [0.3, 0.4) is 0 Å². The molecule has 3 aromatic heterocycles. The van der Waals surface area contributed by atoms with Crippen molar-refractivity contribution in [1.82, 2.24) is 24.7 Å². The molecule has 4 heterocycles. The molecule has 0 saturated carbocycles. The number of hydrogen-bond donors (Lipinski definition) is 2. The summed E-state index contributed by atoms with van der Waals surface area (Å²) >= 11 is 7.26. The second kappa shape index (κ2) is 10.8. The molecule has 0 bridgehead atoms. The molecule has 1 saturated heterocycles. The maximum atomic E-state index is 13.1. The van der Waals surface area contributed by atoms with Gasteiger partial charge in [-0.2, -0.15) is 10.4 Å². The molecule has 0 amide bonds. The van der Waals surface area contributed by atoms with Gasteiger partial charge >= 0.3 is 5.97 Å². The van der Waals surface area contributed by atoms with Gasteiger partial charge in [0, 0.05) is 38.9 Å². The fourth-order valence-electron chi connectivity index (χ4n) is 4.34. The molecule has 36 heavy (non-hydrogen) atoms. The third-order valence-electron chi connectivity index (χ3n) is 6.19. The lowest BCUT2D eigenvalue weighted by atomic mass is 9.88. The van der Waals surface area contributed by atoms with Crippen molar-refractivity contribution in [1.29, 1.82) is 5.26 Å². The summed E-state index contributed by atoms with van der Waals surface area (Å²) in [4.78, 5) is 38.8. The molecule has 13 heteroatoms. The molecule has 1 aliphatic heterocycles. The summed E-state index contributed by atoms with van der Waals surface area (Å²) in [6, 6.07) is 2.02. The Bertz CT molecular complexity index is 1320. The first-order chi connectivity index (χ1) is 17.2. The number of Topliss-reactive ketones (excluding diaryl/α,β-unsaturated/α-hetero) is 1. The van der Waals surface area contributed by atoms with Crippen LogP contribution in [0.25, 0.3) is 11.5 Å². The van der Waals surface area contributed by atoms with E-state index in [4.69, 9.17) is 16.3 Å². The number of thiazole rings is 1. The number of carboxylic acids is 1. The van der Waals surface area contributed by atoms with Crippen molar-refractivity contribution in [3.63, 3.8) is 0 Å². The van der Waals surface area contributed by atoms with E-state index in [0.29, 0.717) is 42.8 Å². The second-order valence-electron chi connectivity index (χ2n) is 8.64. The lowest BCUT2D eigenvalue weighted by Crippen LogP contribution is -2.46. The number of aromatic nitrogens is 5. The summed E-state index contributed by atoms with van der Waals surface area (Å²) in [5.41, 5.74) is 1.26. The van der Waals surface area contributed by atoms with Gasteiger partial charge in [-0.25, -0.2) is 19.4 Å². The van der Waals surface area contributed by atoms with Gasteiger partial charge in [0.05, 0.1) is 16.7 Å². The number of nitrogens with one attached hydrogen (secondary N) is 1. The zero-order valence-corrected chi connectivity index (χ0v) is 21.7. The summed E-state index contributed by atoms with van der Waals surface area (Å²) in [5, 5.41) is 24.0. The van der Waals surface area contributed by atoms with Gasteiger partial charge in [0.2, 0.25) is 0 Å². The number of anilines is 1. The van der Waals surface area contributed by atoms with Gasteiger partial charge in [-0.1, -0.05) is 29.9 Å². The molecule has 0 unspecified atom stereocenters. The van der Waals surface area contributed by atoms with Crippen LogP contribution in [0.4, 0.5) is 5.13 Å². The number of hydrogen-bond acceptors (Lipinski definition) is 9. The normalized spacial score (nSPS) is 17.8. The van der Waals surface area contributed by atoms with Crippen LogP contribution in [0.1, 0.15) is 57.6 Å². The van der Waals surface area contributed by atoms with E-state index in [1.807, 2.05) is 17.9 Å². The molecule has 0 spiro atoms. The topological polar surface area (TPSA) is 150 Å². The summed E-state index contributed by atoms with van der Waals surface area (Å²) in [7, 11) is 1.68. The minimum Gasteiger partial charge on any atom is -0.477 e. The average Bonchev–Trinajstić information content (AvgIpc) is 3.55. The Morgan fingerprint density at radius 3 is 2.86 bits per heavy atom. The summed E-state index contributed by atoms with van der Waals surface area (Å²) in [6.45, 7) is 5.29. The predicted octanol–water partition coefficient (Wildman–Crippen LogP) is 3.69. The van der Waals surface area contributed by atoms with Crippen LogP contribution in [0.15, 0.2) is 6.33 Å². The van der Waals surface area contributed by atoms with Crippen LogP contribution in [0.5, 0.6) is 0 Å². The molecule has 2 atom stereocenters. The summed E-state index contributed by atoms with van der Waals surface area (Å²) in [6.07, 6.45) is 2.74. The number of nitrogens with zero attached hydrogens (tertiary/aromatic N) is 6. The monoisotopic (exact) mass is 531 g/mol. The Hall–Kier alpha value is -3.27. The SMILES string of the molecule is CCCO[C@H]1CN(c2nc(-c3ncnn3C)c(C(=O)O)s2)CC[C@H]1CC(=O)c1[nH]c(C)c(Cl)c1C#N. The molecule has 1 aliphatic rings. The van der Waals surface area contributed by atoms with Crippen molar-refractivity contribution < 1.29 is 19.4 Å². The number of nitriles is 1. The molecule has 11 nitrogen and oxygen atoms in total. The molecule has 1 fully saturated rings. The lowest BCUT2D eigenvalue weighted by Gasteiger charge is -2.38. The molecule has 3 aromatic rings. The summed E-state index contributed by atoms with van der Waals surface area (Å²) in [5.74, 6) is -0.963. The zero-order chi connectivity index (χ0) is 26.0. The Morgan fingerprint density at radius 2 is 2.22 bits per heavy atom. The fraction of sp³-hybridized carbons (Fsp3) is 0.478. The molecule has 190 valence electrons. The number of H-pyrrole nitrogens is 1. The number of aromatic amines is 1. The highest BCUT2D eigenvalue weighted by atomic mass is 35.5. The number of piperidine rings is 1. The van der Waals surface area contributed by atoms with Crippen molar-refractivity contribution in [3.8, 4) is 17.6 Å². The number of ether oxygens (including phenoxy) is 1. The molecular formula is C23H26ClN7O4S. The number of aromatic carboxylic acids is 1. The number of ketones is 1. The van der Waals surface area contributed by atoms with Crippen LogP contribution < -0.4 is 4.90 Å². The van der Waals surface area contributed by atoms with Crippen molar-refractivity contribution in [2.24, 2.45) is 13.0 Å². The van der Waals surface area contributed by atoms with Crippen molar-refractivity contribution in [2.45, 2.75) is 39.2 Å². The molecule has 2 N–H and O–H groups in total. The molecule has 4 rings (SSSR count). The van der Waals surface area contributed by atoms with Crippen molar-refractivity contribution in [2.75, 3.05) is 24.6 Å². The van der Waals surface area contributed by atoms with Crippen LogP contribution in [-0.4, -0.2) is 67.4 Å². The second-order valence-corrected chi connectivity index (χ2v) is 10.00. The van der Waals surface area contributed by atoms with E-state index in [9.17, 15) is 20.0 Å². The lowest BCUT2D eigenvalue weighted by molar-refractivity contribution is 0.00383. The molecule has 0 aromatic carbocycles. The van der Waals surface area contributed by atoms with Crippen molar-refractivity contribution in [3.05, 3.63) is 33.2 Å². The molecular weight excluding hydrogens is 506 g/mol. The highest BCUT2D eigenvalue weighted by molar-refractivity contribution is 7.17. The first kappa shape index (κ1) is 25.8. The van der Waals surface area contributed by atoms with Gasteiger partial charge in [0.15, 0.2) is 16.7 Å². The number of halogens is 1. The highest BCUT2D eigenvalue weighted by Gasteiger charge is 2.35. The quantitative estimate of drug-likeness (QED) is 0.394. The summed E-state index contributed by atoms with van der Waals surface area (Å²) < 4.78 is 7.62. The first-order valence-corrected chi connectivity index (χ1v) is 12.7.